The lowest BCUT2D eigenvalue weighted by molar-refractivity contribution is 0.124. The average molecular weight is 299 g/mol. The van der Waals surface area contributed by atoms with Gasteiger partial charge in [-0.1, -0.05) is 71.6 Å². The van der Waals surface area contributed by atoms with Crippen LogP contribution < -0.4 is 5.73 Å². The number of nitrogens with zero attached hydrogens (tertiary/aromatic N) is 1. The van der Waals surface area contributed by atoms with Gasteiger partial charge in [0.2, 0.25) is 0 Å². The quantitative estimate of drug-likeness (QED) is 0.413. The first-order valence-electron chi connectivity index (χ1n) is 9.53. The van der Waals surface area contributed by atoms with Gasteiger partial charge in [-0.25, -0.2) is 0 Å². The minimum Gasteiger partial charge on any atom is -0.329 e. The first-order chi connectivity index (χ1) is 10.1. The average Bonchev–Trinajstić information content (AvgIpc) is 2.48. The van der Waals surface area contributed by atoms with Gasteiger partial charge in [-0.2, -0.15) is 0 Å². The molecule has 0 saturated carbocycles. The minimum atomic E-state index is 0.162. The third-order valence-corrected chi connectivity index (χ3v) is 4.63. The summed E-state index contributed by atoms with van der Waals surface area (Å²) in [5, 5.41) is 0. The van der Waals surface area contributed by atoms with Crippen molar-refractivity contribution >= 4 is 0 Å². The van der Waals surface area contributed by atoms with E-state index in [0.29, 0.717) is 0 Å². The van der Waals surface area contributed by atoms with Crippen LogP contribution in [0.4, 0.5) is 0 Å². The molecular formula is C19H42N2. The first-order valence-corrected chi connectivity index (χ1v) is 9.53. The van der Waals surface area contributed by atoms with E-state index in [4.69, 9.17) is 5.73 Å². The van der Waals surface area contributed by atoms with Crippen LogP contribution in [0.25, 0.3) is 0 Å². The molecule has 128 valence electrons. The Bertz CT molecular complexity index is 214. The summed E-state index contributed by atoms with van der Waals surface area (Å²) in [5.74, 6) is 0. The van der Waals surface area contributed by atoms with Crippen molar-refractivity contribution in [3.05, 3.63) is 0 Å². The van der Waals surface area contributed by atoms with Gasteiger partial charge in [0.25, 0.3) is 0 Å². The number of hydrogen-bond acceptors (Lipinski definition) is 2. The number of rotatable bonds is 15. The van der Waals surface area contributed by atoms with E-state index in [1.165, 1.54) is 83.7 Å². The van der Waals surface area contributed by atoms with Gasteiger partial charge in [-0.3, -0.25) is 4.90 Å². The highest BCUT2D eigenvalue weighted by atomic mass is 15.2. The summed E-state index contributed by atoms with van der Waals surface area (Å²) in [6.07, 6.45) is 15.3. The van der Waals surface area contributed by atoms with E-state index in [-0.39, 0.29) is 5.54 Å². The minimum absolute atomic E-state index is 0.162. The lowest BCUT2D eigenvalue weighted by atomic mass is 10.0. The largest absolute Gasteiger partial charge is 0.329 e. The molecular weight excluding hydrogens is 256 g/mol. The second kappa shape index (κ2) is 13.6. The van der Waals surface area contributed by atoms with Gasteiger partial charge >= 0.3 is 0 Å². The zero-order valence-electron chi connectivity index (χ0n) is 15.4. The molecule has 2 nitrogen and oxygen atoms in total. The maximum Gasteiger partial charge on any atom is 0.0275 e. The highest BCUT2D eigenvalue weighted by Crippen LogP contribution is 2.16. The Morgan fingerprint density at radius 3 is 1.57 bits per heavy atom. The maximum absolute atomic E-state index is 5.92. The molecule has 0 fully saturated rings. The van der Waals surface area contributed by atoms with Gasteiger partial charge in [-0.15, -0.1) is 0 Å². The topological polar surface area (TPSA) is 29.3 Å². The molecule has 0 saturated heterocycles. The third-order valence-electron chi connectivity index (χ3n) is 4.63. The Kier molecular flexibility index (Phi) is 13.5. The molecule has 0 radical (unpaired) electrons. The third kappa shape index (κ3) is 11.2. The predicted molar refractivity (Wildman–Crippen MR) is 96.8 cm³/mol. The van der Waals surface area contributed by atoms with Gasteiger partial charge in [0, 0.05) is 12.1 Å². The maximum atomic E-state index is 5.92. The van der Waals surface area contributed by atoms with E-state index in [9.17, 15) is 0 Å². The SMILES string of the molecule is CCCCCCCCCCCCN(CCC)C(C)(C)CN. The molecule has 0 spiro atoms. The number of unbranched alkanes of at least 4 members (excludes halogenated alkanes) is 9. The van der Waals surface area contributed by atoms with Crippen LogP contribution in [-0.2, 0) is 0 Å². The van der Waals surface area contributed by atoms with Crippen molar-refractivity contribution in [3.8, 4) is 0 Å². The first kappa shape index (κ1) is 20.9. The summed E-state index contributed by atoms with van der Waals surface area (Å²) >= 11 is 0. The van der Waals surface area contributed by atoms with Crippen LogP contribution in [0.3, 0.4) is 0 Å². The van der Waals surface area contributed by atoms with Gasteiger partial charge in [0.1, 0.15) is 0 Å². The van der Waals surface area contributed by atoms with E-state index in [1.807, 2.05) is 0 Å². The van der Waals surface area contributed by atoms with Crippen LogP contribution in [-0.4, -0.2) is 30.1 Å². The molecule has 2 N–H and O–H groups in total. The second-order valence-electron chi connectivity index (χ2n) is 7.19. The molecule has 21 heavy (non-hydrogen) atoms. The molecule has 0 amide bonds. The number of hydrogen-bond donors (Lipinski definition) is 1. The standard InChI is InChI=1S/C19H42N2/c1-5-7-8-9-10-11-12-13-14-15-17-21(16-6-2)19(3,4)18-20/h5-18,20H2,1-4H3. The van der Waals surface area contributed by atoms with E-state index in [1.54, 1.807) is 0 Å². The Morgan fingerprint density at radius 1 is 0.667 bits per heavy atom. The molecule has 0 rings (SSSR count). The van der Waals surface area contributed by atoms with Crippen LogP contribution in [0.5, 0.6) is 0 Å². The van der Waals surface area contributed by atoms with Gasteiger partial charge in [0.15, 0.2) is 0 Å². The second-order valence-corrected chi connectivity index (χ2v) is 7.19. The lowest BCUT2D eigenvalue weighted by Crippen LogP contribution is -2.50. The van der Waals surface area contributed by atoms with Crippen LogP contribution in [0.15, 0.2) is 0 Å². The van der Waals surface area contributed by atoms with Gasteiger partial charge in [-0.05, 0) is 39.8 Å². The highest BCUT2D eigenvalue weighted by molar-refractivity contribution is 4.82. The molecule has 0 heterocycles. The van der Waals surface area contributed by atoms with Crippen molar-refractivity contribution in [1.82, 2.24) is 4.90 Å². The summed E-state index contributed by atoms with van der Waals surface area (Å²) in [6.45, 7) is 12.3. The fourth-order valence-electron chi connectivity index (χ4n) is 2.91. The molecule has 0 aromatic heterocycles. The Hall–Kier alpha value is -0.0800. The van der Waals surface area contributed by atoms with Gasteiger partial charge < -0.3 is 5.73 Å². The highest BCUT2D eigenvalue weighted by Gasteiger charge is 2.23. The molecule has 0 unspecified atom stereocenters. The van der Waals surface area contributed by atoms with Crippen molar-refractivity contribution in [3.63, 3.8) is 0 Å². The van der Waals surface area contributed by atoms with Gasteiger partial charge in [0.05, 0.1) is 0 Å². The molecule has 2 heteroatoms. The fourth-order valence-corrected chi connectivity index (χ4v) is 2.91. The monoisotopic (exact) mass is 298 g/mol. The van der Waals surface area contributed by atoms with E-state index < -0.39 is 0 Å². The summed E-state index contributed by atoms with van der Waals surface area (Å²) < 4.78 is 0. The zero-order valence-corrected chi connectivity index (χ0v) is 15.4. The smallest absolute Gasteiger partial charge is 0.0275 e. The van der Waals surface area contributed by atoms with Crippen molar-refractivity contribution in [1.29, 1.82) is 0 Å². The zero-order chi connectivity index (χ0) is 16.0. The van der Waals surface area contributed by atoms with Crippen LogP contribution in [0, 0.1) is 0 Å². The molecule has 0 bridgehead atoms. The molecule has 0 atom stereocenters. The molecule has 0 aromatic carbocycles. The van der Waals surface area contributed by atoms with Crippen molar-refractivity contribution in [2.24, 2.45) is 5.73 Å². The Balaban J connectivity index is 3.54. The lowest BCUT2D eigenvalue weighted by Gasteiger charge is -2.37. The van der Waals surface area contributed by atoms with Crippen molar-refractivity contribution in [2.45, 2.75) is 104 Å². The fraction of sp³-hybridized carbons (Fsp3) is 1.00. The summed E-state index contributed by atoms with van der Waals surface area (Å²) in [7, 11) is 0. The normalized spacial score (nSPS) is 12.3. The van der Waals surface area contributed by atoms with Crippen LogP contribution >= 0.6 is 0 Å². The van der Waals surface area contributed by atoms with Crippen molar-refractivity contribution in [2.75, 3.05) is 19.6 Å². The van der Waals surface area contributed by atoms with Crippen LogP contribution in [0.1, 0.15) is 98.3 Å². The molecule has 0 aliphatic rings. The molecule has 0 aliphatic carbocycles. The Morgan fingerprint density at radius 2 is 1.14 bits per heavy atom. The summed E-state index contributed by atoms with van der Waals surface area (Å²) in [6, 6.07) is 0. The van der Waals surface area contributed by atoms with Crippen molar-refractivity contribution < 1.29 is 0 Å². The Labute approximate surface area is 134 Å². The predicted octanol–water partition coefficient (Wildman–Crippen LogP) is 5.36. The number of nitrogens with two attached hydrogens (primary N) is 1. The molecule has 0 aliphatic heterocycles. The van der Waals surface area contributed by atoms with E-state index in [0.717, 1.165) is 6.54 Å². The van der Waals surface area contributed by atoms with Crippen LogP contribution in [0.2, 0.25) is 0 Å². The summed E-state index contributed by atoms with van der Waals surface area (Å²) in [5.41, 5.74) is 6.08. The van der Waals surface area contributed by atoms with E-state index in [2.05, 4.69) is 32.6 Å². The molecule has 0 aromatic rings. The summed E-state index contributed by atoms with van der Waals surface area (Å²) in [4.78, 5) is 2.58. The van der Waals surface area contributed by atoms with E-state index >= 15 is 0 Å².